The summed E-state index contributed by atoms with van der Waals surface area (Å²) in [6.45, 7) is 0. The number of fused-ring (bicyclic) bond motifs is 1. The van der Waals surface area contributed by atoms with Gasteiger partial charge in [-0.3, -0.25) is 14.7 Å². The summed E-state index contributed by atoms with van der Waals surface area (Å²) in [7, 11) is 0. The third-order valence-corrected chi connectivity index (χ3v) is 6.49. The van der Waals surface area contributed by atoms with Crippen LogP contribution in [-0.4, -0.2) is 14.5 Å². The van der Waals surface area contributed by atoms with Crippen molar-refractivity contribution in [1.29, 1.82) is 0 Å². The molecule has 0 radical (unpaired) electrons. The number of aromatic nitrogens is 2. The van der Waals surface area contributed by atoms with E-state index >= 15 is 0 Å². The molecule has 2 heterocycles. The van der Waals surface area contributed by atoms with E-state index in [1.807, 2.05) is 34.9 Å². The summed E-state index contributed by atoms with van der Waals surface area (Å²) in [5, 5.41) is 13.0. The van der Waals surface area contributed by atoms with Crippen molar-refractivity contribution in [1.82, 2.24) is 9.55 Å². The first-order valence-corrected chi connectivity index (χ1v) is 11.6. The largest absolute Gasteiger partial charge is 0.422 e. The lowest BCUT2D eigenvalue weighted by Gasteiger charge is -2.07. The highest BCUT2D eigenvalue weighted by atomic mass is 35.5. The second-order valence-corrected chi connectivity index (χ2v) is 8.83. The van der Waals surface area contributed by atoms with Crippen molar-refractivity contribution in [2.75, 3.05) is 0 Å². The van der Waals surface area contributed by atoms with Gasteiger partial charge in [0.2, 0.25) is 0 Å². The van der Waals surface area contributed by atoms with Crippen LogP contribution in [0.5, 0.6) is 0 Å². The first kappa shape index (κ1) is 21.9. The molecule has 7 nitrogen and oxygen atoms in total. The summed E-state index contributed by atoms with van der Waals surface area (Å²) in [6.07, 6.45) is 1.79. The van der Waals surface area contributed by atoms with E-state index < -0.39 is 10.5 Å². The number of benzene rings is 3. The topological polar surface area (TPSA) is 91.2 Å². The van der Waals surface area contributed by atoms with Crippen LogP contribution in [0.3, 0.4) is 0 Å². The first-order valence-electron chi connectivity index (χ1n) is 10.2. The average Bonchev–Trinajstić information content (AvgIpc) is 3.27. The number of nitro benzene ring substituents is 1. The Labute approximate surface area is 202 Å². The van der Waals surface area contributed by atoms with Gasteiger partial charge in [0.05, 0.1) is 16.2 Å². The van der Waals surface area contributed by atoms with Crippen LogP contribution in [-0.2, 0) is 5.75 Å². The van der Waals surface area contributed by atoms with Gasteiger partial charge in [0, 0.05) is 40.2 Å². The lowest BCUT2D eigenvalue weighted by molar-refractivity contribution is -0.384. The van der Waals surface area contributed by atoms with Crippen molar-refractivity contribution < 1.29 is 9.34 Å². The van der Waals surface area contributed by atoms with Gasteiger partial charge < -0.3 is 4.42 Å². The Balaban J connectivity index is 1.53. The molecule has 0 amide bonds. The number of thioether (sulfide) groups is 1. The molecule has 168 valence electrons. The van der Waals surface area contributed by atoms with Gasteiger partial charge in [0.15, 0.2) is 5.16 Å². The van der Waals surface area contributed by atoms with Crippen LogP contribution in [0.15, 0.2) is 99.4 Å². The Morgan fingerprint density at radius 2 is 1.76 bits per heavy atom. The standard InChI is InChI=1S/C25H16ClN3O4S/c26-18-7-11-19(12-8-18)28-14-22(21-13-17-3-1-2-4-23(17)33-24(21)30)27-25(28)34-15-16-5-9-20(10-6-16)29(31)32/h1-14H,15H2. The Hall–Kier alpha value is -3.88. The molecule has 0 spiro atoms. The highest BCUT2D eigenvalue weighted by Gasteiger charge is 2.16. The van der Waals surface area contributed by atoms with Gasteiger partial charge in [-0.2, -0.15) is 0 Å². The van der Waals surface area contributed by atoms with Crippen molar-refractivity contribution >= 4 is 40.0 Å². The van der Waals surface area contributed by atoms with E-state index in [-0.39, 0.29) is 5.69 Å². The number of halogens is 1. The zero-order valence-electron chi connectivity index (χ0n) is 17.6. The van der Waals surface area contributed by atoms with Crippen LogP contribution in [0, 0.1) is 10.1 Å². The van der Waals surface area contributed by atoms with Crippen LogP contribution in [0.2, 0.25) is 5.02 Å². The van der Waals surface area contributed by atoms with Crippen LogP contribution < -0.4 is 5.63 Å². The number of hydrogen-bond acceptors (Lipinski definition) is 6. The number of para-hydroxylation sites is 1. The van der Waals surface area contributed by atoms with Gasteiger partial charge in [-0.05, 0) is 42.0 Å². The van der Waals surface area contributed by atoms with Gasteiger partial charge in [-0.25, -0.2) is 9.78 Å². The zero-order valence-corrected chi connectivity index (χ0v) is 19.1. The molecule has 0 aliphatic heterocycles. The number of rotatable bonds is 6. The fourth-order valence-corrected chi connectivity index (χ4v) is 4.56. The number of nitro groups is 1. The van der Waals surface area contributed by atoms with Crippen LogP contribution in [0.25, 0.3) is 27.9 Å². The van der Waals surface area contributed by atoms with Gasteiger partial charge in [-0.1, -0.05) is 53.7 Å². The Bertz CT molecular complexity index is 1560. The normalized spacial score (nSPS) is 11.1. The molecular formula is C25H16ClN3O4S. The minimum Gasteiger partial charge on any atom is -0.422 e. The highest BCUT2D eigenvalue weighted by molar-refractivity contribution is 7.98. The molecule has 3 aromatic carbocycles. The molecule has 0 unspecified atom stereocenters. The molecule has 2 aromatic heterocycles. The predicted molar refractivity (Wildman–Crippen MR) is 133 cm³/mol. The van der Waals surface area contributed by atoms with E-state index in [0.717, 1.165) is 16.6 Å². The van der Waals surface area contributed by atoms with E-state index in [0.29, 0.717) is 32.8 Å². The summed E-state index contributed by atoms with van der Waals surface area (Å²) in [6, 6.07) is 22.8. The molecule has 0 saturated heterocycles. The fraction of sp³-hybridized carbons (Fsp3) is 0.0400. The van der Waals surface area contributed by atoms with Crippen molar-refractivity contribution in [3.05, 3.63) is 116 Å². The van der Waals surface area contributed by atoms with Crippen molar-refractivity contribution in [2.45, 2.75) is 10.9 Å². The molecule has 0 aliphatic carbocycles. The van der Waals surface area contributed by atoms with E-state index in [1.165, 1.54) is 23.9 Å². The SMILES string of the molecule is O=c1oc2ccccc2cc1-c1cn(-c2ccc(Cl)cc2)c(SCc2ccc([N+](=O)[O-])cc2)n1. The number of imidazole rings is 1. The van der Waals surface area contributed by atoms with Crippen molar-refractivity contribution in [3.63, 3.8) is 0 Å². The number of non-ortho nitro benzene ring substituents is 1. The van der Waals surface area contributed by atoms with Crippen LogP contribution >= 0.6 is 23.4 Å². The maximum absolute atomic E-state index is 12.7. The van der Waals surface area contributed by atoms with Crippen LogP contribution in [0.4, 0.5) is 5.69 Å². The second-order valence-electron chi connectivity index (χ2n) is 7.45. The molecule has 0 bridgehead atoms. The maximum Gasteiger partial charge on any atom is 0.345 e. The van der Waals surface area contributed by atoms with Gasteiger partial charge in [0.1, 0.15) is 5.58 Å². The lowest BCUT2D eigenvalue weighted by atomic mass is 10.1. The van der Waals surface area contributed by atoms with Gasteiger partial charge >= 0.3 is 5.63 Å². The summed E-state index contributed by atoms with van der Waals surface area (Å²) in [4.78, 5) is 27.9. The molecule has 0 N–H and O–H groups in total. The molecular weight excluding hydrogens is 474 g/mol. The summed E-state index contributed by atoms with van der Waals surface area (Å²) >= 11 is 7.52. The summed E-state index contributed by atoms with van der Waals surface area (Å²) < 4.78 is 7.38. The molecule has 0 saturated carbocycles. The molecule has 9 heteroatoms. The Kier molecular flexibility index (Phi) is 5.91. The monoisotopic (exact) mass is 489 g/mol. The summed E-state index contributed by atoms with van der Waals surface area (Å²) in [5.41, 5.74) is 2.69. The second kappa shape index (κ2) is 9.17. The first-order chi connectivity index (χ1) is 16.5. The molecule has 5 rings (SSSR count). The number of nitrogens with zero attached hydrogens (tertiary/aromatic N) is 3. The Morgan fingerprint density at radius 3 is 2.50 bits per heavy atom. The quantitative estimate of drug-likeness (QED) is 0.117. The van der Waals surface area contributed by atoms with E-state index in [4.69, 9.17) is 21.0 Å². The molecule has 5 aromatic rings. The smallest absolute Gasteiger partial charge is 0.345 e. The maximum atomic E-state index is 12.7. The van der Waals surface area contributed by atoms with Crippen molar-refractivity contribution in [3.8, 4) is 16.9 Å². The number of hydrogen-bond donors (Lipinski definition) is 0. The third-order valence-electron chi connectivity index (χ3n) is 5.21. The van der Waals surface area contributed by atoms with Crippen molar-refractivity contribution in [2.24, 2.45) is 0 Å². The van der Waals surface area contributed by atoms with Crippen LogP contribution in [0.1, 0.15) is 5.56 Å². The van der Waals surface area contributed by atoms with E-state index in [9.17, 15) is 14.9 Å². The minimum absolute atomic E-state index is 0.0433. The van der Waals surface area contributed by atoms with E-state index in [1.54, 1.807) is 42.6 Å². The van der Waals surface area contributed by atoms with Gasteiger partial charge in [-0.15, -0.1) is 0 Å². The minimum atomic E-state index is -0.466. The third kappa shape index (κ3) is 4.46. The Morgan fingerprint density at radius 1 is 1.03 bits per heavy atom. The highest BCUT2D eigenvalue weighted by Crippen LogP contribution is 2.30. The molecule has 0 aliphatic rings. The lowest BCUT2D eigenvalue weighted by Crippen LogP contribution is -2.02. The average molecular weight is 490 g/mol. The van der Waals surface area contributed by atoms with E-state index in [2.05, 4.69) is 0 Å². The zero-order chi connectivity index (χ0) is 23.7. The molecule has 0 atom stereocenters. The summed E-state index contributed by atoms with van der Waals surface area (Å²) in [5.74, 6) is 0.536. The molecule has 34 heavy (non-hydrogen) atoms. The fourth-order valence-electron chi connectivity index (χ4n) is 3.48. The predicted octanol–water partition coefficient (Wildman–Crippen LogP) is 6.50. The molecule has 0 fully saturated rings. The van der Waals surface area contributed by atoms with Gasteiger partial charge in [0.25, 0.3) is 5.69 Å².